The zero-order chi connectivity index (χ0) is 12.8. The number of thioether (sulfide) groups is 1. The third kappa shape index (κ3) is 3.51. The van der Waals surface area contributed by atoms with Crippen molar-refractivity contribution in [2.75, 3.05) is 31.0 Å². The van der Waals surface area contributed by atoms with Crippen LogP contribution < -0.4 is 10.2 Å². The quantitative estimate of drug-likeness (QED) is 0.804. The molecule has 1 aromatic carbocycles. The van der Waals surface area contributed by atoms with Gasteiger partial charge >= 0.3 is 0 Å². The molecule has 1 heterocycles. The van der Waals surface area contributed by atoms with Crippen molar-refractivity contribution >= 4 is 22.6 Å². The molecule has 98 valence electrons. The van der Waals surface area contributed by atoms with Crippen LogP contribution in [0.15, 0.2) is 29.3 Å². The average Bonchev–Trinajstić information content (AvgIpc) is 2.92. The lowest BCUT2D eigenvalue weighted by Crippen LogP contribution is -2.29. The van der Waals surface area contributed by atoms with E-state index in [4.69, 9.17) is 4.74 Å². The standard InChI is InChI=1S/C11H14FN3O2S/c12-5-7-17-10-3-1-9(2-4-10)14-15(16)11-13-6-8-18-11/h1-4,14,16H,5-8H2. The van der Waals surface area contributed by atoms with Gasteiger partial charge in [0, 0.05) is 5.75 Å². The molecule has 1 aliphatic rings. The first-order valence-corrected chi connectivity index (χ1v) is 6.50. The minimum absolute atomic E-state index is 0.0480. The van der Waals surface area contributed by atoms with Gasteiger partial charge in [-0.15, -0.1) is 5.17 Å². The van der Waals surface area contributed by atoms with Gasteiger partial charge in [-0.25, -0.2) is 4.39 Å². The maximum atomic E-state index is 11.9. The molecule has 1 aromatic rings. The van der Waals surface area contributed by atoms with Crippen LogP contribution in [0.3, 0.4) is 0 Å². The number of hydrogen-bond acceptors (Lipinski definition) is 6. The molecule has 7 heteroatoms. The summed E-state index contributed by atoms with van der Waals surface area (Å²) in [5.41, 5.74) is 3.47. The number of nitrogens with one attached hydrogen (secondary N) is 1. The smallest absolute Gasteiger partial charge is 0.206 e. The number of rotatable bonds is 5. The normalized spacial score (nSPS) is 14.2. The SMILES string of the molecule is ON(Nc1ccc(OCCF)cc1)C1=NCCS1. The van der Waals surface area contributed by atoms with Crippen molar-refractivity contribution < 1.29 is 14.3 Å². The summed E-state index contributed by atoms with van der Waals surface area (Å²) in [6.07, 6.45) is 0. The summed E-state index contributed by atoms with van der Waals surface area (Å²) in [5, 5.41) is 11.1. The van der Waals surface area contributed by atoms with Gasteiger partial charge < -0.3 is 4.74 Å². The molecule has 2 N–H and O–H groups in total. The summed E-state index contributed by atoms with van der Waals surface area (Å²) >= 11 is 1.48. The first-order chi connectivity index (χ1) is 8.79. The Bertz CT molecular complexity index is 413. The zero-order valence-electron chi connectivity index (χ0n) is 9.67. The highest BCUT2D eigenvalue weighted by atomic mass is 32.2. The predicted molar refractivity (Wildman–Crippen MR) is 69.9 cm³/mol. The van der Waals surface area contributed by atoms with E-state index in [-0.39, 0.29) is 6.61 Å². The van der Waals surface area contributed by atoms with E-state index < -0.39 is 6.67 Å². The maximum Gasteiger partial charge on any atom is 0.206 e. The minimum atomic E-state index is -0.512. The molecule has 0 atom stereocenters. The van der Waals surface area contributed by atoms with E-state index in [1.54, 1.807) is 24.3 Å². The fourth-order valence-electron chi connectivity index (χ4n) is 1.40. The number of nitrogens with zero attached hydrogens (tertiary/aromatic N) is 2. The van der Waals surface area contributed by atoms with Crippen LogP contribution in [0.25, 0.3) is 0 Å². The Morgan fingerprint density at radius 2 is 2.22 bits per heavy atom. The van der Waals surface area contributed by atoms with E-state index in [9.17, 15) is 9.60 Å². The van der Waals surface area contributed by atoms with Gasteiger partial charge in [-0.3, -0.25) is 15.6 Å². The molecule has 18 heavy (non-hydrogen) atoms. The summed E-state index contributed by atoms with van der Waals surface area (Å²) in [5.74, 6) is 1.47. The second-order valence-electron chi connectivity index (χ2n) is 3.50. The van der Waals surface area contributed by atoms with Gasteiger partial charge in [0.25, 0.3) is 0 Å². The van der Waals surface area contributed by atoms with Crippen LogP contribution >= 0.6 is 11.8 Å². The van der Waals surface area contributed by atoms with Gasteiger partial charge in [-0.1, -0.05) is 11.8 Å². The molecule has 1 aliphatic heterocycles. The molecule has 0 aliphatic carbocycles. The van der Waals surface area contributed by atoms with Crippen LogP contribution in [0.5, 0.6) is 5.75 Å². The van der Waals surface area contributed by atoms with Crippen molar-refractivity contribution in [2.45, 2.75) is 0 Å². The lowest BCUT2D eigenvalue weighted by atomic mass is 10.3. The topological polar surface area (TPSA) is 57.1 Å². The van der Waals surface area contributed by atoms with E-state index >= 15 is 0 Å². The molecule has 5 nitrogen and oxygen atoms in total. The van der Waals surface area contributed by atoms with E-state index in [0.29, 0.717) is 16.6 Å². The molecule has 2 rings (SSSR count). The summed E-state index contributed by atoms with van der Waals surface area (Å²) < 4.78 is 17.0. The van der Waals surface area contributed by atoms with Gasteiger partial charge in [0.05, 0.1) is 12.2 Å². The largest absolute Gasteiger partial charge is 0.491 e. The number of hydrazine groups is 1. The number of ether oxygens (including phenoxy) is 1. The first kappa shape index (κ1) is 13.0. The highest BCUT2D eigenvalue weighted by Crippen LogP contribution is 2.18. The van der Waals surface area contributed by atoms with Gasteiger partial charge in [0.2, 0.25) is 5.17 Å². The summed E-state index contributed by atoms with van der Waals surface area (Å²) in [4.78, 5) is 4.12. The lowest BCUT2D eigenvalue weighted by molar-refractivity contribution is 0.0162. The molecule has 0 spiro atoms. The van der Waals surface area contributed by atoms with Crippen LogP contribution in [0.2, 0.25) is 0 Å². The molecule has 0 aromatic heterocycles. The second-order valence-corrected chi connectivity index (χ2v) is 4.56. The van der Waals surface area contributed by atoms with Gasteiger partial charge in [0.15, 0.2) is 0 Å². The monoisotopic (exact) mass is 271 g/mol. The third-order valence-corrected chi connectivity index (χ3v) is 3.13. The Hall–Kier alpha value is -1.47. The van der Waals surface area contributed by atoms with Crippen LogP contribution in [0.4, 0.5) is 10.1 Å². The van der Waals surface area contributed by atoms with Crippen molar-refractivity contribution in [2.24, 2.45) is 4.99 Å². The molecule has 0 fully saturated rings. The van der Waals surface area contributed by atoms with E-state index in [1.165, 1.54) is 11.8 Å². The molecule has 0 radical (unpaired) electrons. The number of aliphatic imine (C=N–C) groups is 1. The van der Waals surface area contributed by atoms with Crippen molar-refractivity contribution in [1.29, 1.82) is 0 Å². The van der Waals surface area contributed by atoms with Crippen molar-refractivity contribution in [3.8, 4) is 5.75 Å². The highest BCUT2D eigenvalue weighted by molar-refractivity contribution is 8.14. The number of halogens is 1. The third-order valence-electron chi connectivity index (χ3n) is 2.19. The fraction of sp³-hybridized carbons (Fsp3) is 0.364. The number of benzene rings is 1. The minimum Gasteiger partial charge on any atom is -0.491 e. The Morgan fingerprint density at radius 1 is 1.44 bits per heavy atom. The highest BCUT2D eigenvalue weighted by Gasteiger charge is 2.13. The fourth-order valence-corrected chi connectivity index (χ4v) is 2.12. The molecule has 0 saturated heterocycles. The van der Waals surface area contributed by atoms with Gasteiger partial charge in [0.1, 0.15) is 19.0 Å². The summed E-state index contributed by atoms with van der Waals surface area (Å²) in [7, 11) is 0. The summed E-state index contributed by atoms with van der Waals surface area (Å²) in [6.45, 7) is 0.253. The molecule has 0 unspecified atom stereocenters. The number of alkyl halides is 1. The van der Waals surface area contributed by atoms with Crippen molar-refractivity contribution in [3.63, 3.8) is 0 Å². The lowest BCUT2D eigenvalue weighted by Gasteiger charge is -2.17. The number of amidine groups is 1. The van der Waals surface area contributed by atoms with Gasteiger partial charge in [-0.05, 0) is 24.3 Å². The Labute approximate surface area is 109 Å². The molecular weight excluding hydrogens is 257 g/mol. The second kappa shape index (κ2) is 6.46. The zero-order valence-corrected chi connectivity index (χ0v) is 10.5. The van der Waals surface area contributed by atoms with E-state index in [1.807, 2.05) is 0 Å². The maximum absolute atomic E-state index is 11.9. The number of hydroxylamine groups is 1. The molecular formula is C11H14FN3O2S. The number of hydrogen-bond donors (Lipinski definition) is 2. The Morgan fingerprint density at radius 3 is 2.83 bits per heavy atom. The Kier molecular flexibility index (Phi) is 4.66. The Balaban J connectivity index is 1.89. The first-order valence-electron chi connectivity index (χ1n) is 5.51. The van der Waals surface area contributed by atoms with Crippen molar-refractivity contribution in [1.82, 2.24) is 5.17 Å². The molecule has 0 amide bonds. The van der Waals surface area contributed by atoms with Crippen LogP contribution in [-0.2, 0) is 0 Å². The van der Waals surface area contributed by atoms with Crippen LogP contribution in [0, 0.1) is 0 Å². The average molecular weight is 271 g/mol. The van der Waals surface area contributed by atoms with Gasteiger partial charge in [-0.2, -0.15) is 0 Å². The number of anilines is 1. The molecule has 0 bridgehead atoms. The predicted octanol–water partition coefficient (Wildman–Crippen LogP) is 2.16. The van der Waals surface area contributed by atoms with E-state index in [2.05, 4.69) is 10.4 Å². The van der Waals surface area contributed by atoms with E-state index in [0.717, 1.165) is 17.5 Å². The van der Waals surface area contributed by atoms with Crippen LogP contribution in [-0.4, -0.2) is 41.1 Å². The van der Waals surface area contributed by atoms with Crippen molar-refractivity contribution in [3.05, 3.63) is 24.3 Å². The van der Waals surface area contributed by atoms with Crippen LogP contribution in [0.1, 0.15) is 0 Å². The summed E-state index contributed by atoms with van der Waals surface area (Å²) in [6, 6.07) is 6.87. The molecule has 0 saturated carbocycles.